The SMILES string of the molecule is O=NNC(=O)c1nc2ccccc2[nH]1. The van der Waals surface area contributed by atoms with Crippen LogP contribution < -0.4 is 5.43 Å². The number of amides is 1. The predicted octanol–water partition coefficient (Wildman–Crippen LogP) is 0.974. The third kappa shape index (κ3) is 1.33. The van der Waals surface area contributed by atoms with Gasteiger partial charge in [-0.3, -0.25) is 4.79 Å². The zero-order valence-corrected chi connectivity index (χ0v) is 7.02. The third-order valence-electron chi connectivity index (χ3n) is 1.75. The number of imidazole rings is 1. The summed E-state index contributed by atoms with van der Waals surface area (Å²) in [7, 11) is 0. The van der Waals surface area contributed by atoms with Gasteiger partial charge in [-0.25, -0.2) is 10.4 Å². The van der Waals surface area contributed by atoms with E-state index in [1.807, 2.05) is 12.1 Å². The number of nitrogens with one attached hydrogen (secondary N) is 2. The Morgan fingerprint density at radius 1 is 1.43 bits per heavy atom. The quantitative estimate of drug-likeness (QED) is 0.546. The molecule has 0 spiro atoms. The Morgan fingerprint density at radius 3 is 2.93 bits per heavy atom. The number of nitroso groups, excluding NO2 is 1. The van der Waals surface area contributed by atoms with Gasteiger partial charge in [-0.15, -0.1) is 4.91 Å². The summed E-state index contributed by atoms with van der Waals surface area (Å²) in [5.41, 5.74) is 3.17. The number of carbonyl (C=O) groups is 1. The largest absolute Gasteiger partial charge is 0.334 e. The smallest absolute Gasteiger partial charge is 0.309 e. The minimum Gasteiger partial charge on any atom is -0.334 e. The first-order chi connectivity index (χ1) is 6.81. The fraction of sp³-hybridized carbons (Fsp3) is 0. The number of nitrogens with zero attached hydrogens (tertiary/aromatic N) is 2. The number of H-pyrrole nitrogens is 1. The maximum absolute atomic E-state index is 11.1. The molecular formula is C8H6N4O2. The van der Waals surface area contributed by atoms with Crippen molar-refractivity contribution in [3.05, 3.63) is 35.0 Å². The number of carbonyl (C=O) groups excluding carboxylic acids is 1. The fourth-order valence-corrected chi connectivity index (χ4v) is 1.15. The number of aromatic nitrogens is 2. The van der Waals surface area contributed by atoms with Crippen LogP contribution in [0.25, 0.3) is 11.0 Å². The molecule has 0 unspecified atom stereocenters. The molecule has 1 heterocycles. The van der Waals surface area contributed by atoms with E-state index in [9.17, 15) is 9.70 Å². The first-order valence-corrected chi connectivity index (χ1v) is 3.88. The van der Waals surface area contributed by atoms with Crippen molar-refractivity contribution in [3.63, 3.8) is 0 Å². The summed E-state index contributed by atoms with van der Waals surface area (Å²) in [5.74, 6) is -0.568. The Kier molecular flexibility index (Phi) is 1.94. The number of fused-ring (bicyclic) bond motifs is 1. The van der Waals surface area contributed by atoms with Crippen molar-refractivity contribution in [2.24, 2.45) is 5.29 Å². The van der Waals surface area contributed by atoms with E-state index in [0.29, 0.717) is 5.52 Å². The van der Waals surface area contributed by atoms with Crippen LogP contribution in [0.15, 0.2) is 29.6 Å². The van der Waals surface area contributed by atoms with E-state index in [1.165, 1.54) is 0 Å². The minimum atomic E-state index is -0.642. The van der Waals surface area contributed by atoms with Crippen molar-refractivity contribution in [1.29, 1.82) is 0 Å². The zero-order valence-electron chi connectivity index (χ0n) is 7.02. The van der Waals surface area contributed by atoms with Crippen LogP contribution >= 0.6 is 0 Å². The first kappa shape index (κ1) is 8.36. The van der Waals surface area contributed by atoms with Gasteiger partial charge in [-0.1, -0.05) is 12.1 Å². The van der Waals surface area contributed by atoms with Gasteiger partial charge >= 0.3 is 5.91 Å². The van der Waals surface area contributed by atoms with Crippen LogP contribution in [0.3, 0.4) is 0 Å². The molecule has 2 rings (SSSR count). The summed E-state index contributed by atoms with van der Waals surface area (Å²) >= 11 is 0. The summed E-state index contributed by atoms with van der Waals surface area (Å²) in [6.07, 6.45) is 0. The Hall–Kier alpha value is -2.24. The van der Waals surface area contributed by atoms with Crippen LogP contribution in [0.2, 0.25) is 0 Å². The number of hydrogen-bond donors (Lipinski definition) is 2. The van der Waals surface area contributed by atoms with Crippen molar-refractivity contribution < 1.29 is 4.79 Å². The maximum Gasteiger partial charge on any atom is 0.309 e. The maximum atomic E-state index is 11.1. The van der Waals surface area contributed by atoms with E-state index in [1.54, 1.807) is 17.6 Å². The lowest BCUT2D eigenvalue weighted by Crippen LogP contribution is -2.17. The second-order valence-electron chi connectivity index (χ2n) is 2.63. The fourth-order valence-electron chi connectivity index (χ4n) is 1.15. The molecule has 0 aliphatic heterocycles. The van der Waals surface area contributed by atoms with Crippen LogP contribution in [0, 0.1) is 4.91 Å². The van der Waals surface area contributed by atoms with Crippen LogP contribution in [0.4, 0.5) is 0 Å². The molecule has 2 aromatic rings. The van der Waals surface area contributed by atoms with Gasteiger partial charge in [0.25, 0.3) is 0 Å². The van der Waals surface area contributed by atoms with E-state index >= 15 is 0 Å². The minimum absolute atomic E-state index is 0.0748. The highest BCUT2D eigenvalue weighted by Gasteiger charge is 2.10. The third-order valence-corrected chi connectivity index (χ3v) is 1.75. The molecule has 0 fully saturated rings. The van der Waals surface area contributed by atoms with Crippen LogP contribution in [-0.2, 0) is 0 Å². The van der Waals surface area contributed by atoms with E-state index in [2.05, 4.69) is 15.3 Å². The van der Waals surface area contributed by atoms with Crippen LogP contribution in [0.1, 0.15) is 10.6 Å². The molecule has 2 N–H and O–H groups in total. The molecule has 0 saturated heterocycles. The lowest BCUT2D eigenvalue weighted by atomic mass is 10.3. The van der Waals surface area contributed by atoms with Crippen molar-refractivity contribution >= 4 is 16.9 Å². The molecule has 0 aliphatic carbocycles. The van der Waals surface area contributed by atoms with E-state index in [-0.39, 0.29) is 5.82 Å². The van der Waals surface area contributed by atoms with Crippen LogP contribution in [-0.4, -0.2) is 15.9 Å². The van der Waals surface area contributed by atoms with Crippen LogP contribution in [0.5, 0.6) is 0 Å². The molecule has 6 heteroatoms. The average molecular weight is 190 g/mol. The van der Waals surface area contributed by atoms with Crippen molar-refractivity contribution in [3.8, 4) is 0 Å². The molecule has 1 aromatic heterocycles. The summed E-state index contributed by atoms with van der Waals surface area (Å²) in [5, 5.41) is 2.27. The number of rotatable bonds is 2. The monoisotopic (exact) mass is 190 g/mol. The van der Waals surface area contributed by atoms with Gasteiger partial charge in [0.2, 0.25) is 0 Å². The molecule has 0 atom stereocenters. The second-order valence-corrected chi connectivity index (χ2v) is 2.63. The Morgan fingerprint density at radius 2 is 2.21 bits per heavy atom. The Labute approximate surface area is 78.3 Å². The molecule has 0 saturated carbocycles. The molecule has 6 nitrogen and oxygen atoms in total. The second kappa shape index (κ2) is 3.25. The number of para-hydroxylation sites is 2. The summed E-state index contributed by atoms with van der Waals surface area (Å²) < 4.78 is 0. The van der Waals surface area contributed by atoms with Gasteiger partial charge in [0, 0.05) is 0 Å². The summed E-state index contributed by atoms with van der Waals surface area (Å²) in [6.45, 7) is 0. The van der Waals surface area contributed by atoms with Crippen molar-refractivity contribution in [2.45, 2.75) is 0 Å². The molecule has 14 heavy (non-hydrogen) atoms. The molecule has 0 aliphatic rings. The van der Waals surface area contributed by atoms with E-state index < -0.39 is 5.91 Å². The molecule has 1 amide bonds. The molecule has 0 radical (unpaired) electrons. The Bertz CT molecular complexity index is 458. The summed E-state index contributed by atoms with van der Waals surface area (Å²) in [6, 6.07) is 7.17. The van der Waals surface area contributed by atoms with Gasteiger partial charge in [-0.2, -0.15) is 0 Å². The van der Waals surface area contributed by atoms with Crippen molar-refractivity contribution in [2.75, 3.05) is 0 Å². The molecular weight excluding hydrogens is 184 g/mol. The highest BCUT2D eigenvalue weighted by atomic mass is 16.3. The van der Waals surface area contributed by atoms with Crippen molar-refractivity contribution in [1.82, 2.24) is 15.4 Å². The predicted molar refractivity (Wildman–Crippen MR) is 49.4 cm³/mol. The molecule has 70 valence electrons. The Balaban J connectivity index is 2.44. The molecule has 1 aromatic carbocycles. The molecule has 0 bridgehead atoms. The number of hydrogen-bond acceptors (Lipinski definition) is 4. The summed E-state index contributed by atoms with van der Waals surface area (Å²) in [4.78, 5) is 27.6. The lowest BCUT2D eigenvalue weighted by Gasteiger charge is -1.88. The first-order valence-electron chi connectivity index (χ1n) is 3.88. The topological polar surface area (TPSA) is 87.2 Å². The van der Waals surface area contributed by atoms with Gasteiger partial charge < -0.3 is 4.98 Å². The average Bonchev–Trinajstić information content (AvgIpc) is 2.61. The highest BCUT2D eigenvalue weighted by Crippen LogP contribution is 2.09. The van der Waals surface area contributed by atoms with E-state index in [0.717, 1.165) is 5.52 Å². The van der Waals surface area contributed by atoms with Gasteiger partial charge in [-0.05, 0) is 12.1 Å². The normalized spacial score (nSPS) is 10.0. The highest BCUT2D eigenvalue weighted by molar-refractivity contribution is 5.93. The van der Waals surface area contributed by atoms with E-state index in [4.69, 9.17) is 0 Å². The number of aromatic amines is 1. The van der Waals surface area contributed by atoms with Gasteiger partial charge in [0.1, 0.15) is 0 Å². The van der Waals surface area contributed by atoms with Gasteiger partial charge in [0.15, 0.2) is 5.82 Å². The standard InChI is InChI=1S/C8H6N4O2/c13-8(11-12-14)7-9-5-3-1-2-4-6(5)10-7/h1-4H,(H,9,10)(H,11,13,14). The lowest BCUT2D eigenvalue weighted by molar-refractivity contribution is 0.0945. The zero-order chi connectivity index (χ0) is 9.97. The number of benzene rings is 1. The van der Waals surface area contributed by atoms with Gasteiger partial charge in [0.05, 0.1) is 16.3 Å².